The first-order valence-corrected chi connectivity index (χ1v) is 8.11. The van der Waals surface area contributed by atoms with Gasteiger partial charge in [-0.3, -0.25) is 9.59 Å². The van der Waals surface area contributed by atoms with Crippen molar-refractivity contribution in [2.24, 2.45) is 17.4 Å². The highest BCUT2D eigenvalue weighted by Crippen LogP contribution is 2.26. The van der Waals surface area contributed by atoms with E-state index < -0.39 is 5.91 Å². The minimum atomic E-state index is -0.394. The molecular weight excluding hydrogens is 322 g/mol. The van der Waals surface area contributed by atoms with E-state index in [1.54, 1.807) is 6.07 Å². The standard InChI is InChI=1S/C15H21N3O2S.ClH/c16-8-10-4-3-6-12(10)18-15(20)11-5-1-2-7-13(11)21-9-14(17)19;/h1-2,5,7,10,12H,3-4,6,8-9,16H2,(H2,17,19)(H,18,20);1H. The average molecular weight is 344 g/mol. The maximum absolute atomic E-state index is 12.4. The highest BCUT2D eigenvalue weighted by atomic mass is 35.5. The molecule has 7 heteroatoms. The fourth-order valence-corrected chi connectivity index (χ4v) is 3.47. The van der Waals surface area contributed by atoms with Gasteiger partial charge in [0.15, 0.2) is 0 Å². The Labute approximate surface area is 141 Å². The summed E-state index contributed by atoms with van der Waals surface area (Å²) >= 11 is 1.29. The zero-order valence-corrected chi connectivity index (χ0v) is 13.9. The molecule has 2 amide bonds. The number of benzene rings is 1. The van der Waals surface area contributed by atoms with Crippen LogP contribution < -0.4 is 16.8 Å². The summed E-state index contributed by atoms with van der Waals surface area (Å²) in [6.07, 6.45) is 3.15. The summed E-state index contributed by atoms with van der Waals surface area (Å²) in [6, 6.07) is 7.41. The van der Waals surface area contributed by atoms with Crippen LogP contribution in [-0.4, -0.2) is 30.2 Å². The number of hydrogen-bond donors (Lipinski definition) is 3. The summed E-state index contributed by atoms with van der Waals surface area (Å²) in [5.74, 6) is 0.0283. The Morgan fingerprint density at radius 2 is 2.00 bits per heavy atom. The number of thioether (sulfide) groups is 1. The van der Waals surface area contributed by atoms with E-state index in [4.69, 9.17) is 11.5 Å². The molecular formula is C15H22ClN3O2S. The number of amides is 2. The van der Waals surface area contributed by atoms with Gasteiger partial charge in [-0.25, -0.2) is 0 Å². The van der Waals surface area contributed by atoms with E-state index in [1.165, 1.54) is 11.8 Å². The van der Waals surface area contributed by atoms with Crippen LogP contribution in [0.4, 0.5) is 0 Å². The minimum Gasteiger partial charge on any atom is -0.369 e. The SMILES string of the molecule is Cl.NCC1CCCC1NC(=O)c1ccccc1SCC(N)=O. The molecule has 1 aliphatic carbocycles. The van der Waals surface area contributed by atoms with Crippen molar-refractivity contribution in [3.63, 3.8) is 0 Å². The summed E-state index contributed by atoms with van der Waals surface area (Å²) in [6.45, 7) is 0.600. The number of halogens is 1. The number of primary amides is 1. The number of nitrogens with two attached hydrogens (primary N) is 2. The molecule has 1 aromatic carbocycles. The number of rotatable bonds is 6. The van der Waals surface area contributed by atoms with Crippen LogP contribution in [0.1, 0.15) is 29.6 Å². The second kappa shape index (κ2) is 9.02. The van der Waals surface area contributed by atoms with Crippen LogP contribution in [0.2, 0.25) is 0 Å². The first kappa shape index (κ1) is 18.8. The normalized spacial score (nSPS) is 20.2. The average Bonchev–Trinajstić information content (AvgIpc) is 2.92. The lowest BCUT2D eigenvalue weighted by Crippen LogP contribution is -2.40. The second-order valence-corrected chi connectivity index (χ2v) is 6.27. The molecule has 0 bridgehead atoms. The molecule has 22 heavy (non-hydrogen) atoms. The first-order valence-electron chi connectivity index (χ1n) is 7.13. The van der Waals surface area contributed by atoms with Gasteiger partial charge in [-0.2, -0.15) is 0 Å². The van der Waals surface area contributed by atoms with Crippen molar-refractivity contribution in [1.29, 1.82) is 0 Å². The number of carbonyl (C=O) groups excluding carboxylic acids is 2. The van der Waals surface area contributed by atoms with Gasteiger partial charge in [0.2, 0.25) is 5.91 Å². The van der Waals surface area contributed by atoms with E-state index in [2.05, 4.69) is 5.32 Å². The smallest absolute Gasteiger partial charge is 0.252 e. The van der Waals surface area contributed by atoms with E-state index in [0.717, 1.165) is 24.2 Å². The van der Waals surface area contributed by atoms with Gasteiger partial charge < -0.3 is 16.8 Å². The Kier molecular flexibility index (Phi) is 7.72. The second-order valence-electron chi connectivity index (χ2n) is 5.26. The Morgan fingerprint density at radius 3 is 2.68 bits per heavy atom. The van der Waals surface area contributed by atoms with Crippen LogP contribution >= 0.6 is 24.2 Å². The van der Waals surface area contributed by atoms with Crippen molar-refractivity contribution in [3.05, 3.63) is 29.8 Å². The maximum Gasteiger partial charge on any atom is 0.252 e. The molecule has 2 unspecified atom stereocenters. The number of hydrogen-bond acceptors (Lipinski definition) is 4. The first-order chi connectivity index (χ1) is 10.1. The quantitative estimate of drug-likeness (QED) is 0.682. The van der Waals surface area contributed by atoms with Crippen molar-refractivity contribution in [2.45, 2.75) is 30.2 Å². The minimum absolute atomic E-state index is 0. The highest BCUT2D eigenvalue weighted by molar-refractivity contribution is 8.00. The molecule has 1 aliphatic rings. The predicted octanol–water partition coefficient (Wildman–Crippen LogP) is 1.54. The largest absolute Gasteiger partial charge is 0.369 e. The van der Waals surface area contributed by atoms with E-state index >= 15 is 0 Å². The summed E-state index contributed by atoms with van der Waals surface area (Å²) in [7, 11) is 0. The van der Waals surface area contributed by atoms with Gasteiger partial charge in [0, 0.05) is 10.9 Å². The molecule has 5 nitrogen and oxygen atoms in total. The van der Waals surface area contributed by atoms with Crippen LogP contribution in [0, 0.1) is 5.92 Å². The Hall–Kier alpha value is -1.24. The summed E-state index contributed by atoms with van der Waals surface area (Å²) in [5.41, 5.74) is 11.5. The van der Waals surface area contributed by atoms with Crippen molar-refractivity contribution in [1.82, 2.24) is 5.32 Å². The van der Waals surface area contributed by atoms with Crippen molar-refractivity contribution in [2.75, 3.05) is 12.3 Å². The van der Waals surface area contributed by atoms with Crippen LogP contribution in [0.5, 0.6) is 0 Å². The molecule has 1 saturated carbocycles. The molecule has 0 saturated heterocycles. The molecule has 0 spiro atoms. The van der Waals surface area contributed by atoms with Gasteiger partial charge in [0.1, 0.15) is 0 Å². The van der Waals surface area contributed by atoms with E-state index in [0.29, 0.717) is 18.0 Å². The van der Waals surface area contributed by atoms with Crippen molar-refractivity contribution in [3.8, 4) is 0 Å². The van der Waals surface area contributed by atoms with Gasteiger partial charge in [-0.1, -0.05) is 18.6 Å². The zero-order valence-electron chi connectivity index (χ0n) is 12.3. The topological polar surface area (TPSA) is 98.2 Å². The Morgan fingerprint density at radius 1 is 1.27 bits per heavy atom. The predicted molar refractivity (Wildman–Crippen MR) is 91.3 cm³/mol. The monoisotopic (exact) mass is 343 g/mol. The molecule has 0 heterocycles. The number of carbonyl (C=O) groups is 2. The lowest BCUT2D eigenvalue weighted by Gasteiger charge is -2.20. The van der Waals surface area contributed by atoms with Crippen molar-refractivity contribution >= 4 is 36.0 Å². The van der Waals surface area contributed by atoms with Crippen LogP contribution in [0.3, 0.4) is 0 Å². The lowest BCUT2D eigenvalue weighted by molar-refractivity contribution is -0.115. The maximum atomic E-state index is 12.4. The molecule has 0 radical (unpaired) electrons. The highest BCUT2D eigenvalue weighted by Gasteiger charge is 2.28. The molecule has 2 rings (SSSR count). The summed E-state index contributed by atoms with van der Waals surface area (Å²) in [4.78, 5) is 24.1. The van der Waals surface area contributed by atoms with Gasteiger partial charge in [-0.05, 0) is 37.4 Å². The van der Waals surface area contributed by atoms with E-state index in [-0.39, 0.29) is 30.1 Å². The summed E-state index contributed by atoms with van der Waals surface area (Å²) in [5, 5.41) is 3.08. The molecule has 0 aliphatic heterocycles. The van der Waals surface area contributed by atoms with Gasteiger partial charge in [0.05, 0.1) is 11.3 Å². The summed E-state index contributed by atoms with van der Waals surface area (Å²) < 4.78 is 0. The molecule has 122 valence electrons. The fourth-order valence-electron chi connectivity index (χ4n) is 2.68. The third-order valence-electron chi connectivity index (χ3n) is 3.78. The number of nitrogens with one attached hydrogen (secondary N) is 1. The zero-order chi connectivity index (χ0) is 15.2. The van der Waals surface area contributed by atoms with Gasteiger partial charge in [0.25, 0.3) is 5.91 Å². The fraction of sp³-hybridized carbons (Fsp3) is 0.467. The Bertz CT molecular complexity index is 527. The van der Waals surface area contributed by atoms with Crippen LogP contribution in [-0.2, 0) is 4.79 Å². The van der Waals surface area contributed by atoms with E-state index in [1.807, 2.05) is 18.2 Å². The molecule has 1 fully saturated rings. The van der Waals surface area contributed by atoms with Crippen LogP contribution in [0.25, 0.3) is 0 Å². The third kappa shape index (κ3) is 4.90. The van der Waals surface area contributed by atoms with E-state index in [9.17, 15) is 9.59 Å². The van der Waals surface area contributed by atoms with Gasteiger partial charge >= 0.3 is 0 Å². The third-order valence-corrected chi connectivity index (χ3v) is 4.88. The van der Waals surface area contributed by atoms with Gasteiger partial charge in [-0.15, -0.1) is 24.2 Å². The molecule has 0 aromatic heterocycles. The van der Waals surface area contributed by atoms with Crippen molar-refractivity contribution < 1.29 is 9.59 Å². The Balaban J connectivity index is 0.00000242. The lowest BCUT2D eigenvalue weighted by atomic mass is 10.0. The molecule has 1 aromatic rings. The molecule has 5 N–H and O–H groups in total. The van der Waals surface area contributed by atoms with Crippen LogP contribution in [0.15, 0.2) is 29.2 Å². The molecule has 2 atom stereocenters.